The van der Waals surface area contributed by atoms with E-state index >= 15 is 0 Å². The van der Waals surface area contributed by atoms with Gasteiger partial charge in [-0.25, -0.2) is 4.98 Å². The molecule has 5 heteroatoms. The van der Waals surface area contributed by atoms with Crippen molar-refractivity contribution in [3.63, 3.8) is 0 Å². The van der Waals surface area contributed by atoms with E-state index in [1.807, 2.05) is 6.20 Å². The van der Waals surface area contributed by atoms with Gasteiger partial charge in [0, 0.05) is 12.7 Å². The van der Waals surface area contributed by atoms with Crippen molar-refractivity contribution in [1.29, 1.82) is 0 Å². The smallest absolute Gasteiger partial charge is 0.325 e. The first-order chi connectivity index (χ1) is 8.76. The van der Waals surface area contributed by atoms with Gasteiger partial charge in [0.2, 0.25) is 0 Å². The molecule has 102 valence electrons. The molecule has 1 rings (SSSR count). The van der Waals surface area contributed by atoms with Crippen molar-refractivity contribution < 1.29 is 9.53 Å². The first-order valence-electron chi connectivity index (χ1n) is 6.63. The molecule has 0 amide bonds. The van der Waals surface area contributed by atoms with Crippen molar-refractivity contribution in [2.24, 2.45) is 0 Å². The molecule has 0 saturated heterocycles. The number of imidazole rings is 1. The van der Waals surface area contributed by atoms with Crippen LogP contribution < -0.4 is 5.32 Å². The van der Waals surface area contributed by atoms with Crippen molar-refractivity contribution in [2.75, 3.05) is 13.2 Å². The minimum absolute atomic E-state index is 0.200. The molecule has 1 aromatic rings. The fourth-order valence-corrected chi connectivity index (χ4v) is 1.50. The van der Waals surface area contributed by atoms with Gasteiger partial charge in [0.15, 0.2) is 0 Å². The van der Waals surface area contributed by atoms with E-state index in [2.05, 4.69) is 24.1 Å². The Hall–Kier alpha value is -1.36. The number of esters is 1. The summed E-state index contributed by atoms with van der Waals surface area (Å²) in [5, 5.41) is 3.27. The number of aromatic nitrogens is 2. The lowest BCUT2D eigenvalue weighted by Gasteiger charge is -2.04. The topological polar surface area (TPSA) is 56.2 Å². The third-order valence-corrected chi connectivity index (χ3v) is 2.49. The largest absolute Gasteiger partial charge is 0.464 e. The zero-order valence-corrected chi connectivity index (χ0v) is 11.3. The van der Waals surface area contributed by atoms with Crippen molar-refractivity contribution >= 4 is 5.97 Å². The second kappa shape index (κ2) is 8.69. The Kier molecular flexibility index (Phi) is 7.10. The Morgan fingerprint density at radius 1 is 1.44 bits per heavy atom. The fourth-order valence-electron chi connectivity index (χ4n) is 1.50. The summed E-state index contributed by atoms with van der Waals surface area (Å²) >= 11 is 0. The quantitative estimate of drug-likeness (QED) is 0.538. The molecule has 5 nitrogen and oxygen atoms in total. The number of unbranched alkanes of at least 4 members (excludes halogenated alkanes) is 1. The van der Waals surface area contributed by atoms with Crippen molar-refractivity contribution in [1.82, 2.24) is 14.9 Å². The number of hydrogen-bond acceptors (Lipinski definition) is 4. The normalized spacial score (nSPS) is 10.6. The molecule has 0 atom stereocenters. The van der Waals surface area contributed by atoms with Gasteiger partial charge in [-0.1, -0.05) is 20.3 Å². The molecule has 0 radical (unpaired) electrons. The van der Waals surface area contributed by atoms with Crippen LogP contribution in [0, 0.1) is 0 Å². The van der Waals surface area contributed by atoms with Gasteiger partial charge in [-0.15, -0.1) is 0 Å². The van der Waals surface area contributed by atoms with Crippen LogP contribution in [0.2, 0.25) is 0 Å². The molecule has 0 saturated carbocycles. The summed E-state index contributed by atoms with van der Waals surface area (Å²) in [5.74, 6) is -0.200. The molecule has 18 heavy (non-hydrogen) atoms. The highest BCUT2D eigenvalue weighted by Crippen LogP contribution is 1.98. The molecule has 0 unspecified atom stereocenters. The second-order valence-electron chi connectivity index (χ2n) is 4.29. The maximum absolute atomic E-state index is 11.5. The molecule has 1 aromatic heterocycles. The Morgan fingerprint density at radius 2 is 2.28 bits per heavy atom. The average Bonchev–Trinajstić information content (AvgIpc) is 2.77. The van der Waals surface area contributed by atoms with Gasteiger partial charge < -0.3 is 14.6 Å². The number of carbonyl (C=O) groups is 1. The molecular formula is C13H23N3O2. The minimum Gasteiger partial charge on any atom is -0.464 e. The molecule has 0 spiro atoms. The summed E-state index contributed by atoms with van der Waals surface area (Å²) in [6, 6.07) is 0. The molecule has 0 bridgehead atoms. The Labute approximate surface area is 109 Å². The van der Waals surface area contributed by atoms with Crippen LogP contribution in [0.4, 0.5) is 0 Å². The number of ether oxygens (including phenoxy) is 1. The number of nitrogens with one attached hydrogen (secondary N) is 1. The summed E-state index contributed by atoms with van der Waals surface area (Å²) in [6.45, 7) is 6.66. The van der Waals surface area contributed by atoms with Crippen molar-refractivity contribution in [2.45, 2.75) is 46.2 Å². The second-order valence-corrected chi connectivity index (χ2v) is 4.29. The van der Waals surface area contributed by atoms with Gasteiger partial charge in [-0.05, 0) is 19.4 Å². The maximum atomic E-state index is 11.5. The first-order valence-corrected chi connectivity index (χ1v) is 6.63. The van der Waals surface area contributed by atoms with Gasteiger partial charge in [0.1, 0.15) is 6.54 Å². The lowest BCUT2D eigenvalue weighted by Crippen LogP contribution is -2.14. The third-order valence-electron chi connectivity index (χ3n) is 2.49. The van der Waals surface area contributed by atoms with Gasteiger partial charge in [-0.3, -0.25) is 4.79 Å². The van der Waals surface area contributed by atoms with Gasteiger partial charge in [0.25, 0.3) is 0 Å². The standard InChI is InChI=1S/C13H23N3O2/c1-3-5-7-18-13(17)10-16-9-12(15-11-16)8-14-6-4-2/h9,11,14H,3-8,10H2,1-2H3. The summed E-state index contributed by atoms with van der Waals surface area (Å²) in [6.07, 6.45) is 6.60. The summed E-state index contributed by atoms with van der Waals surface area (Å²) in [7, 11) is 0. The molecule has 0 aliphatic rings. The molecule has 1 N–H and O–H groups in total. The minimum atomic E-state index is -0.200. The predicted octanol–water partition coefficient (Wildman–Crippen LogP) is 1.73. The van der Waals surface area contributed by atoms with Crippen LogP contribution >= 0.6 is 0 Å². The lowest BCUT2D eigenvalue weighted by molar-refractivity contribution is -0.144. The number of hydrogen-bond donors (Lipinski definition) is 1. The van der Waals surface area contributed by atoms with Crippen LogP contribution in [0.5, 0.6) is 0 Å². The maximum Gasteiger partial charge on any atom is 0.325 e. The number of rotatable bonds is 9. The first kappa shape index (κ1) is 14.7. The molecule has 0 aliphatic heterocycles. The van der Waals surface area contributed by atoms with E-state index in [1.54, 1.807) is 10.9 Å². The van der Waals surface area contributed by atoms with Crippen molar-refractivity contribution in [3.8, 4) is 0 Å². The zero-order valence-electron chi connectivity index (χ0n) is 11.3. The highest BCUT2D eigenvalue weighted by atomic mass is 16.5. The highest BCUT2D eigenvalue weighted by Gasteiger charge is 2.05. The van der Waals surface area contributed by atoms with E-state index in [4.69, 9.17) is 4.74 Å². The number of carbonyl (C=O) groups excluding carboxylic acids is 1. The van der Waals surface area contributed by atoms with Crippen LogP contribution in [0.3, 0.4) is 0 Å². The van der Waals surface area contributed by atoms with Crippen LogP contribution in [0.1, 0.15) is 38.8 Å². The van der Waals surface area contributed by atoms with Gasteiger partial charge in [0.05, 0.1) is 18.6 Å². The van der Waals surface area contributed by atoms with E-state index in [-0.39, 0.29) is 12.5 Å². The molecular weight excluding hydrogens is 230 g/mol. The Balaban J connectivity index is 2.27. The van der Waals surface area contributed by atoms with E-state index in [1.165, 1.54) is 0 Å². The third kappa shape index (κ3) is 5.82. The predicted molar refractivity (Wildman–Crippen MR) is 70.1 cm³/mol. The van der Waals surface area contributed by atoms with Gasteiger partial charge in [-0.2, -0.15) is 0 Å². The van der Waals surface area contributed by atoms with Crippen LogP contribution in [-0.2, 0) is 22.6 Å². The Bertz CT molecular complexity index is 350. The van der Waals surface area contributed by atoms with Crippen molar-refractivity contribution in [3.05, 3.63) is 18.2 Å². The van der Waals surface area contributed by atoms with E-state index in [0.717, 1.165) is 38.0 Å². The lowest BCUT2D eigenvalue weighted by atomic mass is 10.4. The van der Waals surface area contributed by atoms with E-state index in [9.17, 15) is 4.79 Å². The average molecular weight is 253 g/mol. The van der Waals surface area contributed by atoms with Crippen LogP contribution in [0.25, 0.3) is 0 Å². The molecule has 0 aromatic carbocycles. The van der Waals surface area contributed by atoms with Gasteiger partial charge >= 0.3 is 5.97 Å². The fraction of sp³-hybridized carbons (Fsp3) is 0.692. The Morgan fingerprint density at radius 3 is 3.00 bits per heavy atom. The van der Waals surface area contributed by atoms with E-state index < -0.39 is 0 Å². The van der Waals surface area contributed by atoms with E-state index in [0.29, 0.717) is 6.61 Å². The summed E-state index contributed by atoms with van der Waals surface area (Å²) in [5.41, 5.74) is 0.949. The molecule has 0 aliphatic carbocycles. The van der Waals surface area contributed by atoms with Crippen LogP contribution in [0.15, 0.2) is 12.5 Å². The van der Waals surface area contributed by atoms with Crippen LogP contribution in [-0.4, -0.2) is 28.7 Å². The monoisotopic (exact) mass is 253 g/mol. The zero-order chi connectivity index (χ0) is 13.2. The SMILES string of the molecule is CCCCOC(=O)Cn1cnc(CNCCC)c1. The highest BCUT2D eigenvalue weighted by molar-refractivity contribution is 5.69. The molecule has 0 fully saturated rings. The molecule has 1 heterocycles. The summed E-state index contributed by atoms with van der Waals surface area (Å²) in [4.78, 5) is 15.7. The summed E-state index contributed by atoms with van der Waals surface area (Å²) < 4.78 is 6.85. The number of nitrogens with zero attached hydrogens (tertiary/aromatic N) is 2.